The molecule has 2 unspecified atom stereocenters. The molecule has 22 heavy (non-hydrogen) atoms. The van der Waals surface area contributed by atoms with Crippen LogP contribution in [0.1, 0.15) is 79.6 Å². The number of carbonyl (C=O) groups is 1. The highest BCUT2D eigenvalue weighted by Gasteiger charge is 2.25. The van der Waals surface area contributed by atoms with Gasteiger partial charge in [0.2, 0.25) is 0 Å². The number of nitrogens with one attached hydrogen (secondary N) is 1. The van der Waals surface area contributed by atoms with Crippen molar-refractivity contribution in [3.8, 4) is 0 Å². The van der Waals surface area contributed by atoms with Gasteiger partial charge in [0.15, 0.2) is 0 Å². The first kappa shape index (κ1) is 19.3. The summed E-state index contributed by atoms with van der Waals surface area (Å²) in [5.41, 5.74) is -0.408. The van der Waals surface area contributed by atoms with Crippen LogP contribution in [0.5, 0.6) is 0 Å². The van der Waals surface area contributed by atoms with E-state index < -0.39 is 5.60 Å². The summed E-state index contributed by atoms with van der Waals surface area (Å²) in [7, 11) is 0. The fraction of sp³-hybridized carbons (Fsp3) is 0.944. The van der Waals surface area contributed by atoms with E-state index in [1.54, 1.807) is 0 Å². The number of hydrogen-bond donors (Lipinski definition) is 1. The zero-order valence-electron chi connectivity index (χ0n) is 15.3. The van der Waals surface area contributed by atoms with Crippen molar-refractivity contribution in [1.82, 2.24) is 10.2 Å². The third-order valence-corrected chi connectivity index (χ3v) is 4.25. The molecule has 0 radical (unpaired) electrons. The van der Waals surface area contributed by atoms with Crippen molar-refractivity contribution in [3.63, 3.8) is 0 Å². The Morgan fingerprint density at radius 3 is 2.59 bits per heavy atom. The Morgan fingerprint density at radius 1 is 1.27 bits per heavy atom. The van der Waals surface area contributed by atoms with Gasteiger partial charge in [0, 0.05) is 25.2 Å². The molecular weight excluding hydrogens is 276 g/mol. The Hall–Kier alpha value is -0.770. The quantitative estimate of drug-likeness (QED) is 0.793. The van der Waals surface area contributed by atoms with E-state index in [1.807, 2.05) is 25.7 Å². The molecule has 1 rings (SSSR count). The summed E-state index contributed by atoms with van der Waals surface area (Å²) >= 11 is 0. The molecule has 0 spiro atoms. The molecule has 4 heteroatoms. The van der Waals surface area contributed by atoms with Gasteiger partial charge in [-0.25, -0.2) is 4.79 Å². The van der Waals surface area contributed by atoms with Gasteiger partial charge in [-0.1, -0.05) is 26.7 Å². The van der Waals surface area contributed by atoms with Crippen LogP contribution in [0.15, 0.2) is 0 Å². The largest absolute Gasteiger partial charge is 0.444 e. The van der Waals surface area contributed by atoms with E-state index in [1.165, 1.54) is 25.7 Å². The van der Waals surface area contributed by atoms with Gasteiger partial charge < -0.3 is 15.0 Å². The highest BCUT2D eigenvalue weighted by atomic mass is 16.6. The van der Waals surface area contributed by atoms with Gasteiger partial charge in [-0.2, -0.15) is 0 Å². The molecule has 0 bridgehead atoms. The SMILES string of the molecule is CCCCC(CC)NC1CCCN(C(=O)OC(C)(C)C)CC1. The fourth-order valence-electron chi connectivity index (χ4n) is 2.96. The third-order valence-electron chi connectivity index (χ3n) is 4.25. The topological polar surface area (TPSA) is 41.6 Å². The first-order chi connectivity index (χ1) is 10.4. The molecule has 2 atom stereocenters. The van der Waals surface area contributed by atoms with Gasteiger partial charge >= 0.3 is 6.09 Å². The molecule has 0 aromatic heterocycles. The van der Waals surface area contributed by atoms with Crippen LogP contribution in [-0.4, -0.2) is 41.8 Å². The molecule has 0 aromatic rings. The summed E-state index contributed by atoms with van der Waals surface area (Å²) in [5, 5.41) is 3.81. The van der Waals surface area contributed by atoms with Gasteiger partial charge in [-0.3, -0.25) is 0 Å². The molecule has 130 valence electrons. The predicted octanol–water partition coefficient (Wildman–Crippen LogP) is 4.33. The molecule has 0 aliphatic carbocycles. The summed E-state index contributed by atoms with van der Waals surface area (Å²) in [6.45, 7) is 11.9. The van der Waals surface area contributed by atoms with Crippen molar-refractivity contribution in [2.24, 2.45) is 0 Å². The monoisotopic (exact) mass is 312 g/mol. The minimum Gasteiger partial charge on any atom is -0.444 e. The predicted molar refractivity (Wildman–Crippen MR) is 92.2 cm³/mol. The lowest BCUT2D eigenvalue weighted by atomic mass is 10.0. The van der Waals surface area contributed by atoms with Crippen molar-refractivity contribution in [2.75, 3.05) is 13.1 Å². The van der Waals surface area contributed by atoms with Crippen LogP contribution in [0, 0.1) is 0 Å². The van der Waals surface area contributed by atoms with Gasteiger partial charge in [0.1, 0.15) is 5.60 Å². The zero-order valence-corrected chi connectivity index (χ0v) is 15.3. The van der Waals surface area contributed by atoms with Crippen LogP contribution >= 0.6 is 0 Å². The third kappa shape index (κ3) is 7.48. The van der Waals surface area contributed by atoms with Crippen LogP contribution in [0.3, 0.4) is 0 Å². The Kier molecular flexibility index (Phi) is 8.23. The minimum absolute atomic E-state index is 0.161. The van der Waals surface area contributed by atoms with Crippen molar-refractivity contribution < 1.29 is 9.53 Å². The van der Waals surface area contributed by atoms with Crippen LogP contribution < -0.4 is 5.32 Å². The summed E-state index contributed by atoms with van der Waals surface area (Å²) in [5.74, 6) is 0. The van der Waals surface area contributed by atoms with Crippen molar-refractivity contribution in [3.05, 3.63) is 0 Å². The lowest BCUT2D eigenvalue weighted by Crippen LogP contribution is -2.40. The van der Waals surface area contributed by atoms with Crippen molar-refractivity contribution in [2.45, 2.75) is 97.2 Å². The molecule has 1 heterocycles. The van der Waals surface area contributed by atoms with E-state index in [0.717, 1.165) is 32.4 Å². The molecular formula is C18H36N2O2. The standard InChI is InChI=1S/C18H36N2O2/c1-6-8-10-15(7-2)19-16-11-9-13-20(14-12-16)17(21)22-18(3,4)5/h15-16,19H,6-14H2,1-5H3. The normalized spacial score (nSPS) is 21.3. The summed E-state index contributed by atoms with van der Waals surface area (Å²) in [6, 6.07) is 1.16. The maximum atomic E-state index is 12.2. The first-order valence-corrected chi connectivity index (χ1v) is 9.09. The van der Waals surface area contributed by atoms with Crippen molar-refractivity contribution in [1.29, 1.82) is 0 Å². The summed E-state index contributed by atoms with van der Waals surface area (Å²) < 4.78 is 5.49. The van der Waals surface area contributed by atoms with E-state index in [2.05, 4.69) is 19.2 Å². The van der Waals surface area contributed by atoms with Crippen LogP contribution in [0.4, 0.5) is 4.79 Å². The van der Waals surface area contributed by atoms with Crippen LogP contribution in [0.2, 0.25) is 0 Å². The number of nitrogens with zero attached hydrogens (tertiary/aromatic N) is 1. The number of rotatable bonds is 6. The molecule has 1 aliphatic rings. The number of unbranched alkanes of at least 4 members (excludes halogenated alkanes) is 1. The maximum Gasteiger partial charge on any atom is 0.410 e. The molecule has 4 nitrogen and oxygen atoms in total. The lowest BCUT2D eigenvalue weighted by molar-refractivity contribution is 0.0256. The minimum atomic E-state index is -0.408. The number of likely N-dealkylation sites (tertiary alicyclic amines) is 1. The van der Waals surface area contributed by atoms with E-state index >= 15 is 0 Å². The Bertz CT molecular complexity index is 326. The van der Waals surface area contributed by atoms with Gasteiger partial charge in [0.05, 0.1) is 0 Å². The van der Waals surface area contributed by atoms with Gasteiger partial charge in [0.25, 0.3) is 0 Å². The highest BCUT2D eigenvalue weighted by Crippen LogP contribution is 2.17. The maximum absolute atomic E-state index is 12.2. The van der Waals surface area contributed by atoms with Gasteiger partial charge in [-0.15, -0.1) is 0 Å². The smallest absolute Gasteiger partial charge is 0.410 e. The molecule has 1 saturated heterocycles. The van der Waals surface area contributed by atoms with E-state index in [9.17, 15) is 4.79 Å². The molecule has 1 fully saturated rings. The lowest BCUT2D eigenvalue weighted by Gasteiger charge is -2.27. The highest BCUT2D eigenvalue weighted by molar-refractivity contribution is 5.68. The average Bonchev–Trinajstić information content (AvgIpc) is 2.67. The van der Waals surface area contributed by atoms with E-state index in [4.69, 9.17) is 4.74 Å². The van der Waals surface area contributed by atoms with Crippen LogP contribution in [0.25, 0.3) is 0 Å². The Balaban J connectivity index is 2.43. The second kappa shape index (κ2) is 9.39. The zero-order chi connectivity index (χ0) is 16.6. The number of carbonyl (C=O) groups excluding carboxylic acids is 1. The molecule has 1 N–H and O–H groups in total. The molecule has 1 aliphatic heterocycles. The summed E-state index contributed by atoms with van der Waals surface area (Å²) in [4.78, 5) is 14.1. The molecule has 1 amide bonds. The molecule has 0 aromatic carbocycles. The second-order valence-electron chi connectivity index (χ2n) is 7.51. The summed E-state index contributed by atoms with van der Waals surface area (Å²) in [6.07, 6.45) is 8.08. The Labute approximate surface area is 137 Å². The number of amides is 1. The second-order valence-corrected chi connectivity index (χ2v) is 7.51. The van der Waals surface area contributed by atoms with Crippen molar-refractivity contribution >= 4 is 6.09 Å². The van der Waals surface area contributed by atoms with Crippen LogP contribution in [-0.2, 0) is 4.74 Å². The molecule has 0 saturated carbocycles. The van der Waals surface area contributed by atoms with E-state index in [-0.39, 0.29) is 6.09 Å². The van der Waals surface area contributed by atoms with Gasteiger partial charge in [-0.05, 0) is 52.9 Å². The first-order valence-electron chi connectivity index (χ1n) is 9.09. The average molecular weight is 312 g/mol. The number of hydrogen-bond acceptors (Lipinski definition) is 3. The van der Waals surface area contributed by atoms with E-state index in [0.29, 0.717) is 12.1 Å². The Morgan fingerprint density at radius 2 is 2.00 bits per heavy atom. The fourth-order valence-corrected chi connectivity index (χ4v) is 2.96. The number of ether oxygens (including phenoxy) is 1.